The zero-order valence-corrected chi connectivity index (χ0v) is 11.1. The first kappa shape index (κ1) is 12.9. The number of hydrogen-bond donors (Lipinski definition) is 1. The van der Waals surface area contributed by atoms with Gasteiger partial charge in [-0.25, -0.2) is 4.79 Å². The van der Waals surface area contributed by atoms with Gasteiger partial charge in [0.1, 0.15) is 0 Å². The van der Waals surface area contributed by atoms with Crippen molar-refractivity contribution in [1.82, 2.24) is 5.32 Å². The van der Waals surface area contributed by atoms with E-state index in [1.807, 2.05) is 12.1 Å². The lowest BCUT2D eigenvalue weighted by molar-refractivity contribution is -0.120. The standard InChI is InChI=1S/C13H15ClN2O2/c1-8(2)10-4-3-9(7-11(10)14)16-6-5-12(17)15-13(16)18/h3-4,7-8H,5-6H2,1-2H3,(H,15,17,18). The van der Waals surface area contributed by atoms with Crippen LogP contribution in [0.15, 0.2) is 18.2 Å². The number of benzene rings is 1. The van der Waals surface area contributed by atoms with Crippen LogP contribution in [-0.4, -0.2) is 18.5 Å². The van der Waals surface area contributed by atoms with Gasteiger partial charge < -0.3 is 0 Å². The summed E-state index contributed by atoms with van der Waals surface area (Å²) in [6.45, 7) is 4.52. The maximum Gasteiger partial charge on any atom is 0.328 e. The number of imide groups is 1. The molecule has 1 fully saturated rings. The summed E-state index contributed by atoms with van der Waals surface area (Å²) >= 11 is 6.19. The summed E-state index contributed by atoms with van der Waals surface area (Å²) in [7, 11) is 0. The Morgan fingerprint density at radius 1 is 1.33 bits per heavy atom. The molecule has 0 aromatic heterocycles. The molecule has 0 aliphatic carbocycles. The molecule has 0 bridgehead atoms. The summed E-state index contributed by atoms with van der Waals surface area (Å²) in [6, 6.07) is 5.16. The molecule has 0 atom stereocenters. The van der Waals surface area contributed by atoms with Crippen LogP contribution in [0.2, 0.25) is 5.02 Å². The van der Waals surface area contributed by atoms with E-state index in [-0.39, 0.29) is 11.9 Å². The van der Waals surface area contributed by atoms with Crippen molar-refractivity contribution in [1.29, 1.82) is 0 Å². The highest BCUT2D eigenvalue weighted by Gasteiger charge is 2.24. The third kappa shape index (κ3) is 2.48. The molecule has 96 valence electrons. The molecule has 4 nitrogen and oxygen atoms in total. The van der Waals surface area contributed by atoms with Crippen molar-refractivity contribution < 1.29 is 9.59 Å². The van der Waals surface area contributed by atoms with Crippen molar-refractivity contribution in [2.75, 3.05) is 11.4 Å². The van der Waals surface area contributed by atoms with Gasteiger partial charge in [0.2, 0.25) is 5.91 Å². The monoisotopic (exact) mass is 266 g/mol. The molecule has 1 aromatic rings. The van der Waals surface area contributed by atoms with Gasteiger partial charge in [-0.1, -0.05) is 31.5 Å². The molecule has 1 aromatic carbocycles. The number of rotatable bonds is 2. The Balaban J connectivity index is 2.27. The highest BCUT2D eigenvalue weighted by atomic mass is 35.5. The Hall–Kier alpha value is -1.55. The van der Waals surface area contributed by atoms with Gasteiger partial charge in [0, 0.05) is 23.7 Å². The summed E-state index contributed by atoms with van der Waals surface area (Å²) in [5.41, 5.74) is 1.77. The largest absolute Gasteiger partial charge is 0.328 e. The molecule has 0 radical (unpaired) electrons. The second-order valence-corrected chi connectivity index (χ2v) is 5.02. The van der Waals surface area contributed by atoms with Crippen molar-refractivity contribution in [3.63, 3.8) is 0 Å². The highest BCUT2D eigenvalue weighted by molar-refractivity contribution is 6.31. The highest BCUT2D eigenvalue weighted by Crippen LogP contribution is 2.29. The van der Waals surface area contributed by atoms with Crippen LogP contribution in [0.1, 0.15) is 31.7 Å². The molecule has 5 heteroatoms. The number of halogens is 1. The summed E-state index contributed by atoms with van der Waals surface area (Å²) in [5.74, 6) is 0.101. The van der Waals surface area contributed by atoms with Gasteiger partial charge in [-0.15, -0.1) is 0 Å². The van der Waals surface area contributed by atoms with Gasteiger partial charge in [-0.2, -0.15) is 0 Å². The fourth-order valence-corrected chi connectivity index (χ4v) is 2.36. The lowest BCUT2D eigenvalue weighted by Crippen LogP contribution is -2.49. The van der Waals surface area contributed by atoms with Crippen molar-refractivity contribution in [2.45, 2.75) is 26.2 Å². The van der Waals surface area contributed by atoms with Gasteiger partial charge in [-0.05, 0) is 23.6 Å². The Kier molecular flexibility index (Phi) is 3.57. The molecule has 0 saturated carbocycles. The van der Waals surface area contributed by atoms with Crippen molar-refractivity contribution in [3.8, 4) is 0 Å². The molecule has 1 N–H and O–H groups in total. The van der Waals surface area contributed by atoms with E-state index < -0.39 is 0 Å². The van der Waals surface area contributed by atoms with E-state index in [0.717, 1.165) is 11.3 Å². The van der Waals surface area contributed by atoms with Crippen LogP contribution >= 0.6 is 11.6 Å². The molecular formula is C13H15ClN2O2. The molecular weight excluding hydrogens is 252 g/mol. The van der Waals surface area contributed by atoms with Crippen molar-refractivity contribution in [2.24, 2.45) is 0 Å². The zero-order chi connectivity index (χ0) is 13.3. The topological polar surface area (TPSA) is 49.4 Å². The van der Waals surface area contributed by atoms with Crippen molar-refractivity contribution in [3.05, 3.63) is 28.8 Å². The quantitative estimate of drug-likeness (QED) is 0.895. The molecule has 1 aliphatic rings. The summed E-state index contributed by atoms with van der Waals surface area (Å²) in [4.78, 5) is 24.3. The molecule has 0 spiro atoms. The number of nitrogens with zero attached hydrogens (tertiary/aromatic N) is 1. The van der Waals surface area contributed by atoms with E-state index in [0.29, 0.717) is 23.9 Å². The fraction of sp³-hybridized carbons (Fsp3) is 0.385. The van der Waals surface area contributed by atoms with E-state index >= 15 is 0 Å². The third-order valence-corrected chi connectivity index (χ3v) is 3.30. The maximum absolute atomic E-state index is 11.7. The number of anilines is 1. The smallest absolute Gasteiger partial charge is 0.294 e. The number of urea groups is 1. The van der Waals surface area contributed by atoms with E-state index in [2.05, 4.69) is 19.2 Å². The average molecular weight is 267 g/mol. The van der Waals surface area contributed by atoms with E-state index in [1.54, 1.807) is 6.07 Å². The number of carbonyl (C=O) groups excluding carboxylic acids is 2. The Morgan fingerprint density at radius 2 is 2.06 bits per heavy atom. The minimum absolute atomic E-state index is 0.235. The number of nitrogens with one attached hydrogen (secondary N) is 1. The summed E-state index contributed by atoms with van der Waals surface area (Å²) in [5, 5.41) is 2.94. The van der Waals surface area contributed by atoms with Crippen LogP contribution in [0.4, 0.5) is 10.5 Å². The van der Waals surface area contributed by atoms with E-state index in [9.17, 15) is 9.59 Å². The van der Waals surface area contributed by atoms with Crippen LogP contribution < -0.4 is 10.2 Å². The molecule has 1 aliphatic heterocycles. The van der Waals surface area contributed by atoms with Crippen molar-refractivity contribution >= 4 is 29.2 Å². The molecule has 1 saturated heterocycles. The Bertz CT molecular complexity index is 500. The van der Waals surface area contributed by atoms with Crippen LogP contribution in [0.5, 0.6) is 0 Å². The zero-order valence-electron chi connectivity index (χ0n) is 10.4. The lowest BCUT2D eigenvalue weighted by atomic mass is 10.0. The Labute approximate surface area is 111 Å². The van der Waals surface area contributed by atoms with Gasteiger partial charge in [0.25, 0.3) is 0 Å². The van der Waals surface area contributed by atoms with Crippen LogP contribution in [0, 0.1) is 0 Å². The second kappa shape index (κ2) is 4.98. The van der Waals surface area contributed by atoms with Crippen LogP contribution in [0.3, 0.4) is 0 Å². The number of hydrogen-bond acceptors (Lipinski definition) is 2. The minimum atomic E-state index is -0.389. The van der Waals surface area contributed by atoms with Gasteiger partial charge in [0.15, 0.2) is 0 Å². The molecule has 2 rings (SSSR count). The summed E-state index contributed by atoms with van der Waals surface area (Å²) in [6.07, 6.45) is 0.315. The minimum Gasteiger partial charge on any atom is -0.294 e. The second-order valence-electron chi connectivity index (χ2n) is 4.62. The summed E-state index contributed by atoms with van der Waals surface area (Å²) < 4.78 is 0. The van der Waals surface area contributed by atoms with E-state index in [4.69, 9.17) is 11.6 Å². The van der Waals surface area contributed by atoms with E-state index in [1.165, 1.54) is 4.90 Å². The van der Waals surface area contributed by atoms with Crippen LogP contribution in [0.25, 0.3) is 0 Å². The maximum atomic E-state index is 11.7. The van der Waals surface area contributed by atoms with Gasteiger partial charge in [-0.3, -0.25) is 15.0 Å². The average Bonchev–Trinajstić information content (AvgIpc) is 2.28. The predicted molar refractivity (Wildman–Crippen MR) is 71.0 cm³/mol. The normalized spacial score (nSPS) is 16.1. The third-order valence-electron chi connectivity index (χ3n) is 2.97. The number of carbonyl (C=O) groups is 2. The van der Waals surface area contributed by atoms with Gasteiger partial charge in [0.05, 0.1) is 0 Å². The first-order valence-electron chi connectivity index (χ1n) is 5.90. The first-order valence-corrected chi connectivity index (χ1v) is 6.27. The molecule has 3 amide bonds. The van der Waals surface area contributed by atoms with Gasteiger partial charge >= 0.3 is 6.03 Å². The number of amides is 3. The SMILES string of the molecule is CC(C)c1ccc(N2CCC(=O)NC2=O)cc1Cl. The Morgan fingerprint density at radius 3 is 2.61 bits per heavy atom. The predicted octanol–water partition coefficient (Wildman–Crippen LogP) is 2.91. The first-order chi connectivity index (χ1) is 8.49. The fourth-order valence-electron chi connectivity index (χ4n) is 1.96. The van der Waals surface area contributed by atoms with Crippen LogP contribution in [-0.2, 0) is 4.79 Å². The molecule has 1 heterocycles. The molecule has 18 heavy (non-hydrogen) atoms. The lowest BCUT2D eigenvalue weighted by Gasteiger charge is -2.27. The molecule has 0 unspecified atom stereocenters.